The summed E-state index contributed by atoms with van der Waals surface area (Å²) in [5.74, 6) is 6.75. The van der Waals surface area contributed by atoms with Crippen LogP contribution in [0, 0.1) is 5.41 Å². The van der Waals surface area contributed by atoms with Crippen molar-refractivity contribution in [3.05, 3.63) is 10.7 Å². The summed E-state index contributed by atoms with van der Waals surface area (Å²) in [6, 6.07) is 0. The Hall–Kier alpha value is -0.880. The molecular formula is C12H20BrN5. The lowest BCUT2D eigenvalue weighted by atomic mass is 9.85. The third-order valence-corrected chi connectivity index (χ3v) is 4.05. The molecule has 0 amide bonds. The number of hydrazine groups is 1. The molecule has 100 valence electrons. The van der Waals surface area contributed by atoms with Gasteiger partial charge in [0.25, 0.3) is 0 Å². The number of nitrogen functional groups attached to an aromatic ring is 1. The van der Waals surface area contributed by atoms with Gasteiger partial charge in [-0.25, -0.2) is 10.8 Å². The fourth-order valence-electron chi connectivity index (χ4n) is 2.28. The maximum Gasteiger partial charge on any atom is 0.239 e. The Morgan fingerprint density at radius 3 is 2.89 bits per heavy atom. The van der Waals surface area contributed by atoms with Crippen molar-refractivity contribution in [2.75, 3.05) is 23.4 Å². The average molecular weight is 314 g/mol. The van der Waals surface area contributed by atoms with Gasteiger partial charge in [-0.05, 0) is 40.6 Å². The second-order valence-electron chi connectivity index (χ2n) is 5.51. The molecule has 2 heterocycles. The topological polar surface area (TPSA) is 67.1 Å². The lowest BCUT2D eigenvalue weighted by Crippen LogP contribution is -2.27. The summed E-state index contributed by atoms with van der Waals surface area (Å²) in [7, 11) is 0. The molecule has 0 saturated carbocycles. The van der Waals surface area contributed by atoms with Gasteiger partial charge >= 0.3 is 0 Å². The van der Waals surface area contributed by atoms with Crippen LogP contribution in [0.25, 0.3) is 0 Å². The van der Waals surface area contributed by atoms with Crippen molar-refractivity contribution in [1.82, 2.24) is 9.97 Å². The van der Waals surface area contributed by atoms with Gasteiger partial charge in [0.15, 0.2) is 0 Å². The Labute approximate surface area is 116 Å². The van der Waals surface area contributed by atoms with Crippen LogP contribution in [0.15, 0.2) is 10.7 Å². The Bertz CT molecular complexity index is 421. The first-order valence-electron chi connectivity index (χ1n) is 6.26. The molecule has 0 radical (unpaired) electrons. The molecule has 0 unspecified atom stereocenters. The zero-order valence-corrected chi connectivity index (χ0v) is 12.5. The van der Waals surface area contributed by atoms with Gasteiger partial charge in [-0.1, -0.05) is 13.8 Å². The van der Waals surface area contributed by atoms with Crippen molar-refractivity contribution < 1.29 is 0 Å². The van der Waals surface area contributed by atoms with Crippen LogP contribution in [-0.4, -0.2) is 23.1 Å². The average Bonchev–Trinajstić information content (AvgIpc) is 2.51. The molecule has 0 spiro atoms. The van der Waals surface area contributed by atoms with E-state index in [1.54, 1.807) is 6.20 Å². The monoisotopic (exact) mass is 313 g/mol. The fourth-order valence-corrected chi connectivity index (χ4v) is 2.73. The molecule has 6 heteroatoms. The Morgan fingerprint density at radius 2 is 2.17 bits per heavy atom. The molecule has 5 nitrogen and oxygen atoms in total. The highest BCUT2D eigenvalue weighted by Gasteiger charge is 2.24. The number of nitrogens with one attached hydrogen (secondary N) is 1. The molecule has 0 bridgehead atoms. The Balaban J connectivity index is 2.20. The van der Waals surface area contributed by atoms with Crippen LogP contribution < -0.4 is 16.2 Å². The van der Waals surface area contributed by atoms with Crippen molar-refractivity contribution in [1.29, 1.82) is 0 Å². The summed E-state index contributed by atoms with van der Waals surface area (Å²) >= 11 is 3.51. The minimum atomic E-state index is 0.420. The molecule has 0 aromatic carbocycles. The van der Waals surface area contributed by atoms with Crippen molar-refractivity contribution in [2.45, 2.75) is 33.1 Å². The van der Waals surface area contributed by atoms with Crippen molar-refractivity contribution in [3.8, 4) is 0 Å². The predicted octanol–water partition coefficient (Wildman–Crippen LogP) is 2.54. The van der Waals surface area contributed by atoms with Gasteiger partial charge in [-0.3, -0.25) is 5.43 Å². The van der Waals surface area contributed by atoms with E-state index in [4.69, 9.17) is 5.84 Å². The zero-order chi connectivity index (χ0) is 13.2. The van der Waals surface area contributed by atoms with Gasteiger partial charge in [0.05, 0.1) is 4.47 Å². The lowest BCUT2D eigenvalue weighted by molar-refractivity contribution is 0.325. The Morgan fingerprint density at radius 1 is 1.39 bits per heavy atom. The van der Waals surface area contributed by atoms with Gasteiger partial charge in [-0.2, -0.15) is 4.98 Å². The van der Waals surface area contributed by atoms with Crippen LogP contribution in [0.1, 0.15) is 33.1 Å². The highest BCUT2D eigenvalue weighted by atomic mass is 79.9. The predicted molar refractivity (Wildman–Crippen MR) is 77.4 cm³/mol. The van der Waals surface area contributed by atoms with Crippen LogP contribution >= 0.6 is 15.9 Å². The fraction of sp³-hybridized carbons (Fsp3) is 0.667. The van der Waals surface area contributed by atoms with Crippen molar-refractivity contribution >= 4 is 27.7 Å². The van der Waals surface area contributed by atoms with Crippen LogP contribution in [0.5, 0.6) is 0 Å². The number of nitrogens with two attached hydrogens (primary N) is 1. The van der Waals surface area contributed by atoms with Gasteiger partial charge < -0.3 is 4.90 Å². The van der Waals surface area contributed by atoms with E-state index >= 15 is 0 Å². The van der Waals surface area contributed by atoms with Crippen molar-refractivity contribution in [2.24, 2.45) is 11.3 Å². The maximum atomic E-state index is 5.36. The highest BCUT2D eigenvalue weighted by molar-refractivity contribution is 9.10. The Kier molecular flexibility index (Phi) is 4.07. The zero-order valence-electron chi connectivity index (χ0n) is 10.9. The maximum absolute atomic E-state index is 5.36. The van der Waals surface area contributed by atoms with Crippen LogP contribution in [0.4, 0.5) is 11.8 Å². The second kappa shape index (κ2) is 5.40. The molecule has 0 aliphatic carbocycles. The number of aromatic nitrogens is 2. The van der Waals surface area contributed by atoms with Crippen LogP contribution in [0.2, 0.25) is 0 Å². The van der Waals surface area contributed by atoms with E-state index in [9.17, 15) is 0 Å². The highest BCUT2D eigenvalue weighted by Crippen LogP contribution is 2.33. The van der Waals surface area contributed by atoms with E-state index in [0.717, 1.165) is 23.4 Å². The minimum Gasteiger partial charge on any atom is -0.355 e. The first-order chi connectivity index (χ1) is 8.52. The van der Waals surface area contributed by atoms with E-state index in [0.29, 0.717) is 11.4 Å². The molecule has 2 rings (SSSR count). The molecule has 1 aromatic heterocycles. The number of halogens is 1. The third kappa shape index (κ3) is 3.11. The second-order valence-corrected chi connectivity index (χ2v) is 6.37. The molecule has 1 fully saturated rings. The van der Waals surface area contributed by atoms with E-state index in [2.05, 4.69) is 50.1 Å². The molecule has 18 heavy (non-hydrogen) atoms. The SMILES string of the molecule is CC1(C)CCCN(c2nc(NN)ncc2Br)CC1. The van der Waals surface area contributed by atoms with Crippen LogP contribution in [0.3, 0.4) is 0 Å². The number of hydrogen-bond donors (Lipinski definition) is 2. The summed E-state index contributed by atoms with van der Waals surface area (Å²) in [4.78, 5) is 10.8. The van der Waals surface area contributed by atoms with Gasteiger partial charge in [0.1, 0.15) is 5.82 Å². The van der Waals surface area contributed by atoms with Gasteiger partial charge in [0, 0.05) is 19.3 Å². The van der Waals surface area contributed by atoms with E-state index < -0.39 is 0 Å². The van der Waals surface area contributed by atoms with E-state index in [1.165, 1.54) is 19.3 Å². The molecule has 0 atom stereocenters. The number of rotatable bonds is 2. The summed E-state index contributed by atoms with van der Waals surface area (Å²) in [5, 5.41) is 0. The van der Waals surface area contributed by atoms with E-state index in [-0.39, 0.29) is 0 Å². The number of anilines is 2. The lowest BCUT2D eigenvalue weighted by Gasteiger charge is -2.24. The van der Waals surface area contributed by atoms with E-state index in [1.807, 2.05) is 0 Å². The third-order valence-electron chi connectivity index (χ3n) is 3.49. The quantitative estimate of drug-likeness (QED) is 0.649. The normalized spacial score (nSPS) is 19.4. The minimum absolute atomic E-state index is 0.420. The summed E-state index contributed by atoms with van der Waals surface area (Å²) < 4.78 is 0.918. The summed E-state index contributed by atoms with van der Waals surface area (Å²) in [6.07, 6.45) is 5.37. The molecule has 1 aliphatic heterocycles. The van der Waals surface area contributed by atoms with Crippen molar-refractivity contribution in [3.63, 3.8) is 0 Å². The molecule has 1 saturated heterocycles. The molecule has 1 aromatic rings. The summed E-state index contributed by atoms with van der Waals surface area (Å²) in [6.45, 7) is 6.71. The smallest absolute Gasteiger partial charge is 0.239 e. The molecular weight excluding hydrogens is 294 g/mol. The standard InChI is InChI=1S/C12H20BrN5/c1-12(2)4-3-6-18(7-5-12)10-9(13)8-15-11(16-10)17-14/h8H,3-7,14H2,1-2H3,(H,15,16,17). The van der Waals surface area contributed by atoms with Gasteiger partial charge in [0.2, 0.25) is 5.95 Å². The van der Waals surface area contributed by atoms with Crippen LogP contribution in [-0.2, 0) is 0 Å². The molecule has 1 aliphatic rings. The van der Waals surface area contributed by atoms with Gasteiger partial charge in [-0.15, -0.1) is 0 Å². The number of hydrogen-bond acceptors (Lipinski definition) is 5. The first-order valence-corrected chi connectivity index (χ1v) is 7.05. The summed E-state index contributed by atoms with van der Waals surface area (Å²) in [5.41, 5.74) is 2.92. The molecule has 3 N–H and O–H groups in total. The number of nitrogens with zero attached hydrogens (tertiary/aromatic N) is 3. The largest absolute Gasteiger partial charge is 0.355 e. The first kappa shape index (κ1) is 13.5.